The lowest BCUT2D eigenvalue weighted by Crippen LogP contribution is -2.28. The molecular formula is C28H30FN3O3. The minimum Gasteiger partial charge on any atom is -0.494 e. The Bertz CT molecular complexity index is 1500. The summed E-state index contributed by atoms with van der Waals surface area (Å²) < 4.78 is 21.3. The van der Waals surface area contributed by atoms with Crippen molar-refractivity contribution in [2.24, 2.45) is 0 Å². The molecule has 0 saturated carbocycles. The molecule has 0 aliphatic carbocycles. The van der Waals surface area contributed by atoms with Gasteiger partial charge in [-0.15, -0.1) is 0 Å². The van der Waals surface area contributed by atoms with Crippen molar-refractivity contribution >= 4 is 16.8 Å². The Labute approximate surface area is 203 Å². The SMILES string of the molecule is COc1cc(-c2cc(C(=O)NCc3c(C)cc(C)[nH]c3=O)c3c(C)cn(C(C)C)c3c2)ccc1F. The highest BCUT2D eigenvalue weighted by Gasteiger charge is 2.20. The van der Waals surface area contributed by atoms with Crippen LogP contribution in [-0.2, 0) is 6.54 Å². The molecule has 6 nitrogen and oxygen atoms in total. The molecule has 4 rings (SSSR count). The number of methoxy groups -OCH3 is 1. The number of fused-ring (bicyclic) bond motifs is 1. The highest BCUT2D eigenvalue weighted by Crippen LogP contribution is 2.34. The lowest BCUT2D eigenvalue weighted by atomic mass is 9.97. The van der Waals surface area contributed by atoms with E-state index in [0.29, 0.717) is 11.1 Å². The van der Waals surface area contributed by atoms with Crippen molar-refractivity contribution in [2.75, 3.05) is 7.11 Å². The summed E-state index contributed by atoms with van der Waals surface area (Å²) in [6.45, 7) is 9.94. The summed E-state index contributed by atoms with van der Waals surface area (Å²) in [5.41, 5.74) is 5.81. The van der Waals surface area contributed by atoms with Crippen LogP contribution < -0.4 is 15.6 Å². The molecular weight excluding hydrogens is 445 g/mol. The highest BCUT2D eigenvalue weighted by atomic mass is 19.1. The van der Waals surface area contributed by atoms with Gasteiger partial charge in [0.2, 0.25) is 0 Å². The number of carbonyl (C=O) groups excluding carboxylic acids is 1. The molecule has 0 bridgehead atoms. The second kappa shape index (κ2) is 9.41. The molecule has 0 aliphatic rings. The van der Waals surface area contributed by atoms with E-state index in [0.717, 1.165) is 38.9 Å². The molecule has 4 aromatic rings. The molecule has 1 amide bonds. The molecule has 0 fully saturated rings. The zero-order valence-corrected chi connectivity index (χ0v) is 20.9. The van der Waals surface area contributed by atoms with Crippen molar-refractivity contribution in [3.63, 3.8) is 0 Å². The van der Waals surface area contributed by atoms with E-state index in [1.165, 1.54) is 13.2 Å². The summed E-state index contributed by atoms with van der Waals surface area (Å²) in [5.74, 6) is -0.594. The number of pyridine rings is 1. The molecule has 0 atom stereocenters. The monoisotopic (exact) mass is 475 g/mol. The van der Waals surface area contributed by atoms with Gasteiger partial charge >= 0.3 is 0 Å². The molecule has 0 spiro atoms. The number of benzene rings is 2. The first-order valence-electron chi connectivity index (χ1n) is 11.6. The van der Waals surface area contributed by atoms with Crippen LogP contribution in [0.15, 0.2) is 47.4 Å². The van der Waals surface area contributed by atoms with Gasteiger partial charge in [0.05, 0.1) is 7.11 Å². The van der Waals surface area contributed by atoms with Crippen molar-refractivity contribution in [3.8, 4) is 16.9 Å². The fraction of sp³-hybridized carbons (Fsp3) is 0.286. The van der Waals surface area contributed by atoms with Crippen LogP contribution in [0.4, 0.5) is 4.39 Å². The van der Waals surface area contributed by atoms with Crippen LogP contribution in [0.2, 0.25) is 0 Å². The average molecular weight is 476 g/mol. The number of ether oxygens (including phenoxy) is 1. The summed E-state index contributed by atoms with van der Waals surface area (Å²) in [6.07, 6.45) is 2.04. The number of aromatic nitrogens is 2. The molecule has 0 aliphatic heterocycles. The maximum Gasteiger partial charge on any atom is 0.253 e. The number of aryl methyl sites for hydroxylation is 3. The number of hydrogen-bond acceptors (Lipinski definition) is 3. The molecule has 182 valence electrons. The topological polar surface area (TPSA) is 76.1 Å². The van der Waals surface area contributed by atoms with Crippen molar-refractivity contribution in [2.45, 2.75) is 47.2 Å². The van der Waals surface area contributed by atoms with Crippen LogP contribution in [-0.4, -0.2) is 22.6 Å². The van der Waals surface area contributed by atoms with Gasteiger partial charge in [-0.2, -0.15) is 0 Å². The van der Waals surface area contributed by atoms with E-state index in [1.807, 2.05) is 45.2 Å². The predicted octanol–water partition coefficient (Wildman–Crippen LogP) is 5.58. The summed E-state index contributed by atoms with van der Waals surface area (Å²) in [5, 5.41) is 3.78. The number of hydrogen-bond donors (Lipinski definition) is 2. The number of amides is 1. The fourth-order valence-electron chi connectivity index (χ4n) is 4.57. The number of halogens is 1. The first-order chi connectivity index (χ1) is 16.6. The lowest BCUT2D eigenvalue weighted by molar-refractivity contribution is 0.0952. The van der Waals surface area contributed by atoms with E-state index in [2.05, 4.69) is 28.7 Å². The van der Waals surface area contributed by atoms with Gasteiger partial charge in [0.25, 0.3) is 11.5 Å². The van der Waals surface area contributed by atoms with E-state index >= 15 is 0 Å². The normalized spacial score (nSPS) is 11.3. The van der Waals surface area contributed by atoms with Crippen LogP contribution >= 0.6 is 0 Å². The molecule has 7 heteroatoms. The second-order valence-electron chi connectivity index (χ2n) is 9.21. The quantitative estimate of drug-likeness (QED) is 0.382. The zero-order valence-electron chi connectivity index (χ0n) is 20.9. The largest absolute Gasteiger partial charge is 0.494 e. The third-order valence-corrected chi connectivity index (χ3v) is 6.33. The molecule has 2 aromatic carbocycles. The molecule has 2 heterocycles. The molecule has 2 N–H and O–H groups in total. The summed E-state index contributed by atoms with van der Waals surface area (Å²) in [6, 6.07) is 10.5. The fourth-order valence-corrected chi connectivity index (χ4v) is 4.57. The highest BCUT2D eigenvalue weighted by molar-refractivity contribution is 6.09. The molecule has 0 saturated heterocycles. The minimum absolute atomic E-state index is 0.111. The molecule has 35 heavy (non-hydrogen) atoms. The Morgan fingerprint density at radius 3 is 2.49 bits per heavy atom. The van der Waals surface area contributed by atoms with Crippen molar-refractivity contribution in [3.05, 3.63) is 86.7 Å². The first kappa shape index (κ1) is 24.3. The summed E-state index contributed by atoms with van der Waals surface area (Å²) in [4.78, 5) is 28.7. The summed E-state index contributed by atoms with van der Waals surface area (Å²) in [7, 11) is 1.42. The predicted molar refractivity (Wildman–Crippen MR) is 137 cm³/mol. The van der Waals surface area contributed by atoms with Crippen molar-refractivity contribution < 1.29 is 13.9 Å². The van der Waals surface area contributed by atoms with Crippen LogP contribution in [0.25, 0.3) is 22.0 Å². The van der Waals surface area contributed by atoms with Crippen molar-refractivity contribution in [1.29, 1.82) is 0 Å². The third kappa shape index (κ3) is 4.58. The maximum absolute atomic E-state index is 14.0. The van der Waals surface area contributed by atoms with Gasteiger partial charge < -0.3 is 19.6 Å². The van der Waals surface area contributed by atoms with Gasteiger partial charge in [0, 0.05) is 46.5 Å². The van der Waals surface area contributed by atoms with Gasteiger partial charge in [-0.05, 0) is 87.2 Å². The Morgan fingerprint density at radius 1 is 1.09 bits per heavy atom. The Kier molecular flexibility index (Phi) is 6.52. The maximum atomic E-state index is 14.0. The van der Waals surface area contributed by atoms with E-state index < -0.39 is 5.82 Å². The van der Waals surface area contributed by atoms with Crippen molar-refractivity contribution in [1.82, 2.24) is 14.9 Å². The van der Waals surface area contributed by atoms with E-state index in [1.54, 1.807) is 12.1 Å². The minimum atomic E-state index is -0.449. The Morgan fingerprint density at radius 2 is 1.83 bits per heavy atom. The molecule has 2 aromatic heterocycles. The van der Waals surface area contributed by atoms with Crippen LogP contribution in [0.3, 0.4) is 0 Å². The average Bonchev–Trinajstić information content (AvgIpc) is 3.14. The number of H-pyrrole nitrogens is 1. The van der Waals surface area contributed by atoms with Gasteiger partial charge in [0.1, 0.15) is 0 Å². The lowest BCUT2D eigenvalue weighted by Gasteiger charge is -2.14. The number of nitrogens with zero attached hydrogens (tertiary/aromatic N) is 1. The smallest absolute Gasteiger partial charge is 0.253 e. The van der Waals surface area contributed by atoms with Gasteiger partial charge in [-0.25, -0.2) is 4.39 Å². The number of nitrogens with one attached hydrogen (secondary N) is 2. The summed E-state index contributed by atoms with van der Waals surface area (Å²) >= 11 is 0. The first-order valence-corrected chi connectivity index (χ1v) is 11.6. The van der Waals surface area contributed by atoms with E-state index in [9.17, 15) is 14.0 Å². The Balaban J connectivity index is 1.83. The van der Waals surface area contributed by atoms with E-state index in [-0.39, 0.29) is 29.8 Å². The number of carbonyl (C=O) groups is 1. The Hall–Kier alpha value is -3.87. The molecule has 0 radical (unpaired) electrons. The standard InChI is InChI=1S/C28H30FN3O3/c1-15(2)32-14-17(4)26-21(27(33)30-13-22-16(3)9-18(5)31-28(22)34)10-20(11-24(26)32)19-7-8-23(29)25(12-19)35-6/h7-12,14-15H,13H2,1-6H3,(H,30,33)(H,31,34). The third-order valence-electron chi connectivity index (χ3n) is 6.33. The van der Waals surface area contributed by atoms with Gasteiger partial charge in [0.15, 0.2) is 11.6 Å². The molecule has 0 unspecified atom stereocenters. The second-order valence-corrected chi connectivity index (χ2v) is 9.21. The zero-order chi connectivity index (χ0) is 25.4. The van der Waals surface area contributed by atoms with Gasteiger partial charge in [-0.1, -0.05) is 6.07 Å². The van der Waals surface area contributed by atoms with Crippen LogP contribution in [0.5, 0.6) is 5.75 Å². The van der Waals surface area contributed by atoms with Crippen LogP contribution in [0.1, 0.15) is 52.6 Å². The number of aromatic amines is 1. The van der Waals surface area contributed by atoms with E-state index in [4.69, 9.17) is 4.74 Å². The van der Waals surface area contributed by atoms with Crippen LogP contribution in [0, 0.1) is 26.6 Å². The number of rotatable bonds is 6. The van der Waals surface area contributed by atoms with Gasteiger partial charge in [-0.3, -0.25) is 9.59 Å².